The van der Waals surface area contributed by atoms with Gasteiger partial charge in [-0.2, -0.15) is 0 Å². The third kappa shape index (κ3) is 3.28. The van der Waals surface area contributed by atoms with E-state index in [2.05, 4.69) is 17.2 Å². The highest BCUT2D eigenvalue weighted by atomic mass is 16.5. The Bertz CT molecular complexity index is 319. The fourth-order valence-electron chi connectivity index (χ4n) is 1.62. The maximum Gasteiger partial charge on any atom is 0.313 e. The average molecular weight is 242 g/mol. The molecule has 1 rings (SSSR count). The number of carbonyl (C=O) groups is 2. The highest BCUT2D eigenvalue weighted by molar-refractivity contribution is 5.81. The Hall–Kier alpha value is -1.40. The van der Waals surface area contributed by atoms with Gasteiger partial charge in [0.1, 0.15) is 5.41 Å². The topological polar surface area (TPSA) is 87.7 Å². The van der Waals surface area contributed by atoms with Crippen LogP contribution in [0.1, 0.15) is 6.92 Å². The molecule has 1 saturated heterocycles. The van der Waals surface area contributed by atoms with Gasteiger partial charge in [-0.05, 0) is 6.92 Å². The molecular formula is C11H18N2O4. The molecule has 0 bridgehead atoms. The lowest BCUT2D eigenvalue weighted by atomic mass is 9.85. The Labute approximate surface area is 100 Å². The molecule has 17 heavy (non-hydrogen) atoms. The van der Waals surface area contributed by atoms with Gasteiger partial charge in [0.05, 0.1) is 25.8 Å². The zero-order valence-corrected chi connectivity index (χ0v) is 9.86. The quantitative estimate of drug-likeness (QED) is 0.426. The Kier molecular flexibility index (Phi) is 4.65. The second-order valence-corrected chi connectivity index (χ2v) is 4.28. The first-order chi connectivity index (χ1) is 8.00. The van der Waals surface area contributed by atoms with E-state index < -0.39 is 17.4 Å². The predicted octanol–water partition coefficient (Wildman–Crippen LogP) is -0.632. The van der Waals surface area contributed by atoms with Crippen LogP contribution in [0.2, 0.25) is 0 Å². The van der Waals surface area contributed by atoms with Crippen LogP contribution in [0.5, 0.6) is 0 Å². The molecule has 1 heterocycles. The van der Waals surface area contributed by atoms with Gasteiger partial charge in [-0.25, -0.2) is 0 Å². The molecule has 6 nitrogen and oxygen atoms in total. The van der Waals surface area contributed by atoms with Crippen molar-refractivity contribution in [1.29, 1.82) is 0 Å². The maximum absolute atomic E-state index is 11.5. The number of rotatable bonds is 6. The van der Waals surface area contributed by atoms with Gasteiger partial charge >= 0.3 is 5.97 Å². The van der Waals surface area contributed by atoms with Crippen LogP contribution in [-0.4, -0.2) is 49.3 Å². The Morgan fingerprint density at radius 1 is 1.65 bits per heavy atom. The van der Waals surface area contributed by atoms with E-state index in [0.717, 1.165) is 0 Å². The number of carboxylic acids is 1. The minimum absolute atomic E-state index is 0.118. The highest BCUT2D eigenvalue weighted by Gasteiger charge is 2.47. The second kappa shape index (κ2) is 5.79. The number of carbonyl (C=O) groups excluding carboxylic acids is 1. The Morgan fingerprint density at radius 2 is 2.35 bits per heavy atom. The van der Waals surface area contributed by atoms with E-state index in [4.69, 9.17) is 9.84 Å². The number of amides is 1. The molecule has 1 fully saturated rings. The van der Waals surface area contributed by atoms with E-state index in [1.54, 1.807) is 13.0 Å². The molecule has 6 heteroatoms. The van der Waals surface area contributed by atoms with E-state index >= 15 is 0 Å². The van der Waals surface area contributed by atoms with E-state index in [-0.39, 0.29) is 25.7 Å². The molecule has 0 spiro atoms. The molecule has 0 radical (unpaired) electrons. The molecule has 3 N–H and O–H groups in total. The first-order valence-electron chi connectivity index (χ1n) is 5.43. The first-order valence-corrected chi connectivity index (χ1v) is 5.43. The monoisotopic (exact) mass is 242 g/mol. The highest BCUT2D eigenvalue weighted by Crippen LogP contribution is 2.28. The van der Waals surface area contributed by atoms with Gasteiger partial charge in [-0.15, -0.1) is 6.58 Å². The number of aliphatic carboxylic acids is 1. The number of carboxylic acid groups (broad SMARTS) is 1. The molecular weight excluding hydrogens is 224 g/mol. The molecule has 2 unspecified atom stereocenters. The van der Waals surface area contributed by atoms with Crippen LogP contribution in [0.4, 0.5) is 0 Å². The summed E-state index contributed by atoms with van der Waals surface area (Å²) in [6.45, 7) is 6.11. The smallest absolute Gasteiger partial charge is 0.313 e. The van der Waals surface area contributed by atoms with Crippen LogP contribution < -0.4 is 10.6 Å². The van der Waals surface area contributed by atoms with E-state index in [1.165, 1.54) is 0 Å². The first kappa shape index (κ1) is 13.7. The summed E-state index contributed by atoms with van der Waals surface area (Å²) in [6, 6.07) is -0.488. The van der Waals surface area contributed by atoms with Crippen LogP contribution >= 0.6 is 0 Å². The average Bonchev–Trinajstić information content (AvgIpc) is 2.62. The number of ether oxygens (including phenoxy) is 1. The summed E-state index contributed by atoms with van der Waals surface area (Å²) in [7, 11) is 0. The molecule has 0 aromatic carbocycles. The Balaban J connectivity index is 2.47. The number of hydrogen-bond acceptors (Lipinski definition) is 4. The lowest BCUT2D eigenvalue weighted by Gasteiger charge is -2.25. The zero-order chi connectivity index (χ0) is 12.9. The summed E-state index contributed by atoms with van der Waals surface area (Å²) >= 11 is 0. The largest absolute Gasteiger partial charge is 0.481 e. The van der Waals surface area contributed by atoms with Crippen molar-refractivity contribution in [3.05, 3.63) is 12.7 Å². The van der Waals surface area contributed by atoms with Crippen LogP contribution in [0.15, 0.2) is 12.7 Å². The van der Waals surface area contributed by atoms with E-state index in [1.807, 2.05) is 0 Å². The zero-order valence-electron chi connectivity index (χ0n) is 9.86. The van der Waals surface area contributed by atoms with Gasteiger partial charge in [0.2, 0.25) is 5.91 Å². The van der Waals surface area contributed by atoms with Gasteiger partial charge in [-0.3, -0.25) is 9.59 Å². The minimum Gasteiger partial charge on any atom is -0.481 e. The molecule has 0 saturated carbocycles. The van der Waals surface area contributed by atoms with Crippen molar-refractivity contribution in [2.24, 2.45) is 5.41 Å². The van der Waals surface area contributed by atoms with E-state index in [0.29, 0.717) is 6.54 Å². The molecule has 0 aliphatic carbocycles. The van der Waals surface area contributed by atoms with Gasteiger partial charge in [0, 0.05) is 6.54 Å². The van der Waals surface area contributed by atoms with Crippen LogP contribution in [0.25, 0.3) is 0 Å². The molecule has 0 aromatic heterocycles. The summed E-state index contributed by atoms with van der Waals surface area (Å²) in [5.41, 5.74) is -1.05. The fraction of sp³-hybridized carbons (Fsp3) is 0.636. The van der Waals surface area contributed by atoms with Gasteiger partial charge < -0.3 is 20.5 Å². The van der Waals surface area contributed by atoms with Crippen LogP contribution in [-0.2, 0) is 14.3 Å². The standard InChI is InChI=1S/C11H18N2O4/c1-3-4-12-5-9(14)13-8-6-17-7-11(8,2)10(15)16/h3,8,12H,1,4-7H2,2H3,(H,13,14)(H,15,16). The lowest BCUT2D eigenvalue weighted by Crippen LogP contribution is -2.51. The third-order valence-corrected chi connectivity index (χ3v) is 2.85. The molecule has 1 amide bonds. The lowest BCUT2D eigenvalue weighted by molar-refractivity contribution is -0.149. The number of nitrogens with one attached hydrogen (secondary N) is 2. The third-order valence-electron chi connectivity index (χ3n) is 2.85. The maximum atomic E-state index is 11.5. The summed E-state index contributed by atoms with van der Waals surface area (Å²) < 4.78 is 5.13. The molecule has 1 aliphatic rings. The SMILES string of the molecule is C=CCNCC(=O)NC1COCC1(C)C(=O)O. The minimum atomic E-state index is -1.05. The summed E-state index contributed by atoms with van der Waals surface area (Å²) in [6.07, 6.45) is 1.65. The molecule has 0 aromatic rings. The van der Waals surface area contributed by atoms with Crippen molar-refractivity contribution in [3.63, 3.8) is 0 Å². The molecule has 1 aliphatic heterocycles. The van der Waals surface area contributed by atoms with Crippen molar-refractivity contribution in [2.75, 3.05) is 26.3 Å². The van der Waals surface area contributed by atoms with Crippen LogP contribution in [0.3, 0.4) is 0 Å². The van der Waals surface area contributed by atoms with Crippen LogP contribution in [0, 0.1) is 5.41 Å². The van der Waals surface area contributed by atoms with Crippen molar-refractivity contribution in [3.8, 4) is 0 Å². The summed E-state index contributed by atoms with van der Waals surface area (Å²) in [5.74, 6) is -1.20. The van der Waals surface area contributed by atoms with Gasteiger partial charge in [-0.1, -0.05) is 6.08 Å². The van der Waals surface area contributed by atoms with Gasteiger partial charge in [0.25, 0.3) is 0 Å². The number of hydrogen-bond donors (Lipinski definition) is 3. The van der Waals surface area contributed by atoms with E-state index in [9.17, 15) is 9.59 Å². The normalized spacial score (nSPS) is 27.7. The predicted molar refractivity (Wildman–Crippen MR) is 61.6 cm³/mol. The summed E-state index contributed by atoms with van der Waals surface area (Å²) in [4.78, 5) is 22.6. The van der Waals surface area contributed by atoms with Crippen molar-refractivity contribution in [2.45, 2.75) is 13.0 Å². The fourth-order valence-corrected chi connectivity index (χ4v) is 1.62. The van der Waals surface area contributed by atoms with Crippen molar-refractivity contribution < 1.29 is 19.4 Å². The van der Waals surface area contributed by atoms with Gasteiger partial charge in [0.15, 0.2) is 0 Å². The van der Waals surface area contributed by atoms with Crippen molar-refractivity contribution >= 4 is 11.9 Å². The van der Waals surface area contributed by atoms with Crippen molar-refractivity contribution in [1.82, 2.24) is 10.6 Å². The second-order valence-electron chi connectivity index (χ2n) is 4.28. The Morgan fingerprint density at radius 3 is 2.94 bits per heavy atom. The molecule has 2 atom stereocenters. The summed E-state index contributed by atoms with van der Waals surface area (Å²) in [5, 5.41) is 14.6. The molecule has 96 valence electrons.